The summed E-state index contributed by atoms with van der Waals surface area (Å²) in [5.41, 5.74) is 0.931. The van der Waals surface area contributed by atoms with Crippen LogP contribution in [0.5, 0.6) is 17.2 Å². The third-order valence-electron chi connectivity index (χ3n) is 8.24. The van der Waals surface area contributed by atoms with Gasteiger partial charge in [-0.1, -0.05) is 95.2 Å². The summed E-state index contributed by atoms with van der Waals surface area (Å²) in [6, 6.07) is 22.8. The second kappa shape index (κ2) is 26.0. The molecule has 0 heterocycles. The predicted molar refractivity (Wildman–Crippen MR) is 205 cm³/mol. The fourth-order valence-corrected chi connectivity index (χ4v) is 6.84. The second-order valence-electron chi connectivity index (χ2n) is 12.5. The molecule has 0 aliphatic carbocycles. The first-order chi connectivity index (χ1) is 24.8. The molecule has 3 rings (SSSR count). The van der Waals surface area contributed by atoms with Gasteiger partial charge < -0.3 is 14.0 Å². The molecule has 0 unspecified atom stereocenters. The summed E-state index contributed by atoms with van der Waals surface area (Å²) >= 11 is 10.9. The van der Waals surface area contributed by atoms with Crippen LogP contribution in [0.15, 0.2) is 78.9 Å². The largest absolute Gasteiger partial charge is 0.530 e. The number of benzene rings is 3. The van der Waals surface area contributed by atoms with Gasteiger partial charge in [0.2, 0.25) is 0 Å². The van der Waals surface area contributed by atoms with Crippen molar-refractivity contribution in [3.63, 3.8) is 0 Å². The molecular weight excluding hydrogens is 710 g/mol. The second-order valence-corrected chi connectivity index (χ2v) is 14.7. The van der Waals surface area contributed by atoms with Crippen LogP contribution in [-0.2, 0) is 13.6 Å². The van der Waals surface area contributed by atoms with E-state index in [-0.39, 0.29) is 0 Å². The molecule has 0 atom stereocenters. The predicted octanol–water partition coefficient (Wildman–Crippen LogP) is 12.4. The van der Waals surface area contributed by atoms with E-state index in [9.17, 15) is 14.2 Å². The lowest BCUT2D eigenvalue weighted by Crippen LogP contribution is -2.05. The van der Waals surface area contributed by atoms with Gasteiger partial charge in [0, 0.05) is 11.1 Å². The molecule has 0 bridgehead atoms. The lowest BCUT2D eigenvalue weighted by Gasteiger charge is -2.18. The van der Waals surface area contributed by atoms with Crippen molar-refractivity contribution < 1.29 is 37.2 Å². The first kappa shape index (κ1) is 42.5. The highest BCUT2D eigenvalue weighted by Gasteiger charge is 2.28. The lowest BCUT2D eigenvalue weighted by molar-refractivity contribution is 0.107. The van der Waals surface area contributed by atoms with Gasteiger partial charge in [0.15, 0.2) is 0 Å². The Kier molecular flexibility index (Phi) is 21.7. The number of hydrogen-bond acceptors (Lipinski definition) is 8. The Hall–Kier alpha value is -2.87. The van der Waals surface area contributed by atoms with Gasteiger partial charge in [0.05, 0.1) is 26.4 Å². The monoisotopic (exact) mass is 762 g/mol. The van der Waals surface area contributed by atoms with Crippen LogP contribution in [0.3, 0.4) is 0 Å². The van der Waals surface area contributed by atoms with Gasteiger partial charge in [0.1, 0.15) is 17.2 Å². The first-order valence-corrected chi connectivity index (χ1v) is 20.6. The van der Waals surface area contributed by atoms with Crippen LogP contribution in [0.25, 0.3) is 0 Å². The minimum atomic E-state index is -3.72. The number of halogens is 2. The maximum Gasteiger partial charge on any atom is 0.530 e. The van der Waals surface area contributed by atoms with Crippen LogP contribution in [0.4, 0.5) is 0 Å². The summed E-state index contributed by atoms with van der Waals surface area (Å²) in [7, 11) is -3.72. The van der Waals surface area contributed by atoms with E-state index in [4.69, 9.17) is 46.2 Å². The number of phosphoric ester groups is 1. The van der Waals surface area contributed by atoms with E-state index in [1.165, 1.54) is 0 Å². The van der Waals surface area contributed by atoms with Gasteiger partial charge in [0.25, 0.3) is 10.5 Å². The molecule has 0 aliphatic heterocycles. The molecule has 0 aliphatic rings. The fourth-order valence-electron chi connectivity index (χ4n) is 5.33. The molecule has 3 aromatic carbocycles. The zero-order valence-corrected chi connectivity index (χ0v) is 32.0. The molecule has 3 aromatic rings. The van der Waals surface area contributed by atoms with E-state index in [1.54, 1.807) is 60.7 Å². The molecular formula is C40H53Cl2O8P. The highest BCUT2D eigenvalue weighted by Crippen LogP contribution is 2.49. The number of phosphoric acid groups is 1. The van der Waals surface area contributed by atoms with Crippen molar-refractivity contribution in [2.45, 2.75) is 103 Å². The first-order valence-electron chi connectivity index (χ1n) is 18.3. The summed E-state index contributed by atoms with van der Waals surface area (Å²) in [6.45, 7) is 1.95. The number of para-hydroxylation sites is 1. The molecule has 51 heavy (non-hydrogen) atoms. The summed E-state index contributed by atoms with van der Waals surface area (Å²) < 4.78 is 42.1. The van der Waals surface area contributed by atoms with Crippen molar-refractivity contribution in [3.8, 4) is 17.2 Å². The van der Waals surface area contributed by atoms with Gasteiger partial charge in [-0.2, -0.15) is 0 Å². The number of carbonyl (C=O) groups is 2. The fraction of sp³-hybridized carbons (Fsp3) is 0.500. The Labute approximate surface area is 314 Å². The molecule has 0 radical (unpaired) electrons. The van der Waals surface area contributed by atoms with Crippen molar-refractivity contribution in [2.75, 3.05) is 26.4 Å². The Morgan fingerprint density at radius 1 is 0.431 bits per heavy atom. The number of ether oxygens (including phenoxy) is 2. The Bertz CT molecular complexity index is 1340. The Morgan fingerprint density at radius 2 is 0.765 bits per heavy atom. The molecule has 0 saturated carbocycles. The van der Waals surface area contributed by atoms with Gasteiger partial charge in [-0.15, -0.1) is 0 Å². The van der Waals surface area contributed by atoms with Crippen molar-refractivity contribution in [1.82, 2.24) is 0 Å². The standard InChI is InChI=1S/C40H53Cl2O8P/c41-39(43)34-22-26-36(27-23-34)46-30-16-9-5-1-3-7-11-18-32-48-51(45,50-38-20-14-13-15-21-38)49-33-19-12-8-4-2-6-10-17-31-47-37-28-24-35(25-29-37)40(42)44/h13-15,20-29H,1-12,16-19,30-33H2. The zero-order valence-electron chi connectivity index (χ0n) is 29.6. The van der Waals surface area contributed by atoms with Gasteiger partial charge in [-0.25, -0.2) is 4.57 Å². The zero-order chi connectivity index (χ0) is 36.4. The van der Waals surface area contributed by atoms with Crippen LogP contribution in [0, 0.1) is 0 Å². The molecule has 0 aromatic heterocycles. The molecule has 0 fully saturated rings. The van der Waals surface area contributed by atoms with Crippen LogP contribution in [-0.4, -0.2) is 36.9 Å². The van der Waals surface area contributed by atoms with E-state index < -0.39 is 18.3 Å². The summed E-state index contributed by atoms with van der Waals surface area (Å²) in [4.78, 5) is 22.3. The average molecular weight is 764 g/mol. The van der Waals surface area contributed by atoms with Crippen molar-refractivity contribution in [3.05, 3.63) is 90.0 Å². The molecule has 0 N–H and O–H groups in total. The molecule has 11 heteroatoms. The third-order valence-corrected chi connectivity index (χ3v) is 10.1. The van der Waals surface area contributed by atoms with E-state index in [0.29, 0.717) is 43.3 Å². The van der Waals surface area contributed by atoms with Crippen molar-refractivity contribution in [2.24, 2.45) is 0 Å². The smallest absolute Gasteiger partial charge is 0.494 e. The van der Waals surface area contributed by atoms with Crippen molar-refractivity contribution >= 4 is 41.5 Å². The topological polar surface area (TPSA) is 97.4 Å². The van der Waals surface area contributed by atoms with E-state index in [2.05, 4.69) is 0 Å². The molecule has 280 valence electrons. The summed E-state index contributed by atoms with van der Waals surface area (Å²) in [6.07, 6.45) is 16.9. The van der Waals surface area contributed by atoms with Crippen LogP contribution < -0.4 is 14.0 Å². The minimum Gasteiger partial charge on any atom is -0.494 e. The van der Waals surface area contributed by atoms with Crippen LogP contribution in [0.1, 0.15) is 123 Å². The quantitative estimate of drug-likeness (QED) is 0.0376. The molecule has 0 amide bonds. The van der Waals surface area contributed by atoms with Gasteiger partial charge >= 0.3 is 7.82 Å². The van der Waals surface area contributed by atoms with E-state index in [1.807, 2.05) is 18.2 Å². The van der Waals surface area contributed by atoms with Crippen LogP contribution >= 0.6 is 31.0 Å². The van der Waals surface area contributed by atoms with E-state index in [0.717, 1.165) is 114 Å². The third kappa shape index (κ3) is 19.5. The molecule has 0 spiro atoms. The van der Waals surface area contributed by atoms with E-state index >= 15 is 0 Å². The maximum atomic E-state index is 13.4. The van der Waals surface area contributed by atoms with Crippen molar-refractivity contribution in [1.29, 1.82) is 0 Å². The number of unbranched alkanes of at least 4 members (excludes halogenated alkanes) is 14. The Balaban J connectivity index is 1.17. The van der Waals surface area contributed by atoms with Crippen LogP contribution in [0.2, 0.25) is 0 Å². The number of rotatable bonds is 30. The van der Waals surface area contributed by atoms with Gasteiger partial charge in [-0.3, -0.25) is 18.6 Å². The summed E-state index contributed by atoms with van der Waals surface area (Å²) in [5, 5.41) is -0.935. The highest BCUT2D eigenvalue weighted by molar-refractivity contribution is 7.48. The normalized spacial score (nSPS) is 11.3. The average Bonchev–Trinajstić information content (AvgIpc) is 3.13. The number of carbonyl (C=O) groups excluding carboxylic acids is 2. The Morgan fingerprint density at radius 3 is 1.12 bits per heavy atom. The SMILES string of the molecule is O=C(Cl)c1ccc(OCCCCCCCCCCOP(=O)(OCCCCCCCCCCOc2ccc(C(=O)Cl)cc2)Oc2ccccc2)cc1. The lowest BCUT2D eigenvalue weighted by atomic mass is 10.1. The van der Waals surface area contributed by atoms with Gasteiger partial charge in [-0.05, 0) is 110 Å². The number of hydrogen-bond donors (Lipinski definition) is 0. The summed E-state index contributed by atoms with van der Waals surface area (Å²) in [5.74, 6) is 1.96. The minimum absolute atomic E-state index is 0.327. The molecule has 0 saturated heterocycles. The highest BCUT2D eigenvalue weighted by atomic mass is 35.5. The molecule has 8 nitrogen and oxygen atoms in total. The maximum absolute atomic E-state index is 13.4.